The minimum atomic E-state index is 0.101. The third-order valence-electron chi connectivity index (χ3n) is 6.66. The molecule has 3 unspecified atom stereocenters. The topological polar surface area (TPSA) is 44.8 Å². The van der Waals surface area contributed by atoms with Crippen LogP contribution < -0.4 is 5.32 Å². The van der Waals surface area contributed by atoms with Gasteiger partial charge in [0.25, 0.3) is 0 Å². The summed E-state index contributed by atoms with van der Waals surface area (Å²) in [4.78, 5) is 17.3. The first-order valence-electron chi connectivity index (χ1n) is 9.59. The van der Waals surface area contributed by atoms with Gasteiger partial charge in [-0.3, -0.25) is 0 Å². The Morgan fingerprint density at radius 3 is 2.83 bits per heavy atom. The lowest BCUT2D eigenvalue weighted by molar-refractivity contribution is 0.0576. The van der Waals surface area contributed by atoms with Gasteiger partial charge in [-0.2, -0.15) is 0 Å². The Morgan fingerprint density at radius 2 is 2.09 bits per heavy atom. The number of hydrogen-bond acceptors (Lipinski definition) is 3. The van der Waals surface area contributed by atoms with Crippen molar-refractivity contribution in [2.24, 2.45) is 11.8 Å². The lowest BCUT2D eigenvalue weighted by Gasteiger charge is -2.32. The first kappa shape index (κ1) is 15.7. The fourth-order valence-electron chi connectivity index (χ4n) is 5.57. The Balaban J connectivity index is 1.48. The summed E-state index contributed by atoms with van der Waals surface area (Å²) in [6.45, 7) is 7.76. The van der Waals surface area contributed by atoms with Gasteiger partial charge in [-0.25, -0.2) is 4.79 Å². The standard InChI is InChI=1S/C18H31N3O2/c1-2-21-17(22)20(12-14-5-8-23-9-6-14)13-18(21)10-15-4-3-7-19-16(15)11-18/h14-16,19H,2-13H2,1H3. The summed E-state index contributed by atoms with van der Waals surface area (Å²) in [7, 11) is 0. The number of piperidine rings is 1. The van der Waals surface area contributed by atoms with E-state index in [1.54, 1.807) is 0 Å². The van der Waals surface area contributed by atoms with Gasteiger partial charge in [0.1, 0.15) is 0 Å². The van der Waals surface area contributed by atoms with Crippen molar-refractivity contribution in [3.05, 3.63) is 0 Å². The SMILES string of the molecule is CCN1C(=O)N(CC2CCOCC2)CC12CC1CCCNC1C2. The zero-order valence-corrected chi connectivity index (χ0v) is 14.4. The highest BCUT2D eigenvalue weighted by atomic mass is 16.5. The van der Waals surface area contributed by atoms with Crippen LogP contribution in [0.4, 0.5) is 4.79 Å². The van der Waals surface area contributed by atoms with E-state index < -0.39 is 0 Å². The number of carbonyl (C=O) groups is 1. The van der Waals surface area contributed by atoms with Crippen LogP contribution in [-0.2, 0) is 4.74 Å². The van der Waals surface area contributed by atoms with Crippen LogP contribution in [-0.4, -0.2) is 66.8 Å². The number of urea groups is 1. The van der Waals surface area contributed by atoms with Crippen LogP contribution >= 0.6 is 0 Å². The number of nitrogens with one attached hydrogen (secondary N) is 1. The summed E-state index contributed by atoms with van der Waals surface area (Å²) >= 11 is 0. The predicted molar refractivity (Wildman–Crippen MR) is 89.4 cm³/mol. The number of carbonyl (C=O) groups excluding carboxylic acids is 1. The van der Waals surface area contributed by atoms with Gasteiger partial charge in [-0.1, -0.05) is 0 Å². The number of ether oxygens (including phenoxy) is 1. The maximum absolute atomic E-state index is 13.0. The van der Waals surface area contributed by atoms with Crippen molar-refractivity contribution < 1.29 is 9.53 Å². The fourth-order valence-corrected chi connectivity index (χ4v) is 5.57. The van der Waals surface area contributed by atoms with Crippen LogP contribution in [0.25, 0.3) is 0 Å². The number of rotatable bonds is 3. The molecule has 0 aromatic heterocycles. The van der Waals surface area contributed by atoms with Crippen LogP contribution in [0, 0.1) is 11.8 Å². The summed E-state index contributed by atoms with van der Waals surface area (Å²) in [5.41, 5.74) is 0.101. The molecule has 2 amide bonds. The molecule has 1 aliphatic carbocycles. The second kappa shape index (κ2) is 6.25. The molecule has 0 bridgehead atoms. The Bertz CT molecular complexity index is 436. The van der Waals surface area contributed by atoms with Crippen molar-refractivity contribution in [3.63, 3.8) is 0 Å². The number of fused-ring (bicyclic) bond motifs is 1. The van der Waals surface area contributed by atoms with Gasteiger partial charge in [0.05, 0.1) is 5.54 Å². The molecule has 1 spiro atoms. The molecule has 3 aliphatic heterocycles. The summed E-state index contributed by atoms with van der Waals surface area (Å²) in [6.07, 6.45) is 7.20. The summed E-state index contributed by atoms with van der Waals surface area (Å²) in [5, 5.41) is 3.71. The monoisotopic (exact) mass is 321 g/mol. The summed E-state index contributed by atoms with van der Waals surface area (Å²) in [6, 6.07) is 0.922. The zero-order valence-electron chi connectivity index (χ0n) is 14.4. The van der Waals surface area contributed by atoms with E-state index in [1.807, 2.05) is 0 Å². The Kier molecular flexibility index (Phi) is 4.26. The van der Waals surface area contributed by atoms with E-state index >= 15 is 0 Å². The maximum Gasteiger partial charge on any atom is 0.320 e. The van der Waals surface area contributed by atoms with E-state index in [0.717, 1.165) is 64.6 Å². The van der Waals surface area contributed by atoms with E-state index in [2.05, 4.69) is 22.0 Å². The molecule has 4 fully saturated rings. The Morgan fingerprint density at radius 1 is 1.26 bits per heavy atom. The number of nitrogens with zero attached hydrogens (tertiary/aromatic N) is 2. The first-order valence-corrected chi connectivity index (χ1v) is 9.59. The molecule has 5 heteroatoms. The van der Waals surface area contributed by atoms with E-state index in [4.69, 9.17) is 4.74 Å². The summed E-state index contributed by atoms with van der Waals surface area (Å²) in [5.74, 6) is 1.40. The molecule has 4 aliphatic rings. The molecule has 3 heterocycles. The highest BCUT2D eigenvalue weighted by Crippen LogP contribution is 2.46. The molecule has 4 rings (SSSR count). The van der Waals surface area contributed by atoms with E-state index in [1.165, 1.54) is 19.3 Å². The molecule has 3 atom stereocenters. The van der Waals surface area contributed by atoms with Crippen molar-refractivity contribution >= 4 is 6.03 Å². The smallest absolute Gasteiger partial charge is 0.320 e. The Labute approximate surface area is 139 Å². The normalized spacial score (nSPS) is 38.6. The van der Waals surface area contributed by atoms with Crippen LogP contribution in [0.1, 0.15) is 45.4 Å². The molecular formula is C18H31N3O2. The number of likely N-dealkylation sites (N-methyl/N-ethyl adjacent to an activating group) is 1. The average Bonchev–Trinajstić information content (AvgIpc) is 3.05. The van der Waals surface area contributed by atoms with Crippen LogP contribution in [0.5, 0.6) is 0 Å². The maximum atomic E-state index is 13.0. The highest BCUT2D eigenvalue weighted by molar-refractivity contribution is 5.78. The quantitative estimate of drug-likeness (QED) is 0.865. The highest BCUT2D eigenvalue weighted by Gasteiger charge is 2.56. The number of hydrogen-bond donors (Lipinski definition) is 1. The van der Waals surface area contributed by atoms with Gasteiger partial charge in [0, 0.05) is 38.9 Å². The van der Waals surface area contributed by atoms with E-state index in [0.29, 0.717) is 12.0 Å². The van der Waals surface area contributed by atoms with Gasteiger partial charge >= 0.3 is 6.03 Å². The van der Waals surface area contributed by atoms with Crippen molar-refractivity contribution in [2.75, 3.05) is 39.4 Å². The molecule has 1 saturated carbocycles. The van der Waals surface area contributed by atoms with Crippen LogP contribution in [0.15, 0.2) is 0 Å². The predicted octanol–water partition coefficient (Wildman–Crippen LogP) is 2.07. The van der Waals surface area contributed by atoms with E-state index in [-0.39, 0.29) is 11.6 Å². The lowest BCUT2D eigenvalue weighted by Crippen LogP contribution is -2.46. The average molecular weight is 321 g/mol. The molecule has 0 aromatic carbocycles. The van der Waals surface area contributed by atoms with Gasteiger partial charge in [0.2, 0.25) is 0 Å². The molecule has 0 radical (unpaired) electrons. The lowest BCUT2D eigenvalue weighted by atomic mass is 9.92. The largest absolute Gasteiger partial charge is 0.381 e. The second-order valence-electron chi connectivity index (χ2n) is 8.06. The molecule has 3 saturated heterocycles. The Hall–Kier alpha value is -0.810. The van der Waals surface area contributed by atoms with Crippen LogP contribution in [0.2, 0.25) is 0 Å². The molecule has 1 N–H and O–H groups in total. The minimum Gasteiger partial charge on any atom is -0.381 e. The van der Waals surface area contributed by atoms with Crippen molar-refractivity contribution in [2.45, 2.75) is 57.0 Å². The van der Waals surface area contributed by atoms with Crippen molar-refractivity contribution in [3.8, 4) is 0 Å². The van der Waals surface area contributed by atoms with Crippen molar-refractivity contribution in [1.29, 1.82) is 0 Å². The third-order valence-corrected chi connectivity index (χ3v) is 6.66. The van der Waals surface area contributed by atoms with Gasteiger partial charge in [-0.05, 0) is 63.8 Å². The molecular weight excluding hydrogens is 290 g/mol. The molecule has 0 aromatic rings. The van der Waals surface area contributed by atoms with Gasteiger partial charge in [-0.15, -0.1) is 0 Å². The van der Waals surface area contributed by atoms with Gasteiger partial charge < -0.3 is 19.9 Å². The number of amides is 2. The van der Waals surface area contributed by atoms with Crippen LogP contribution in [0.3, 0.4) is 0 Å². The minimum absolute atomic E-state index is 0.101. The summed E-state index contributed by atoms with van der Waals surface area (Å²) < 4.78 is 5.47. The van der Waals surface area contributed by atoms with Gasteiger partial charge in [0.15, 0.2) is 0 Å². The molecule has 23 heavy (non-hydrogen) atoms. The third kappa shape index (κ3) is 2.76. The molecule has 130 valence electrons. The fraction of sp³-hybridized carbons (Fsp3) is 0.944. The molecule has 5 nitrogen and oxygen atoms in total. The zero-order chi connectivity index (χ0) is 15.9. The second-order valence-corrected chi connectivity index (χ2v) is 8.06. The van der Waals surface area contributed by atoms with E-state index in [9.17, 15) is 4.79 Å². The first-order chi connectivity index (χ1) is 11.2. The van der Waals surface area contributed by atoms with Crippen molar-refractivity contribution in [1.82, 2.24) is 15.1 Å².